The van der Waals surface area contributed by atoms with Crippen LogP contribution in [0, 0.1) is 0 Å². The molecule has 0 aliphatic carbocycles. The Morgan fingerprint density at radius 2 is 2.37 bits per heavy atom. The maximum absolute atomic E-state index is 5.71. The molecule has 6 heteroatoms. The lowest BCUT2D eigenvalue weighted by molar-refractivity contribution is 0.0372. The first kappa shape index (κ1) is 14.5. The maximum Gasteiger partial charge on any atom is 0.229 e. The Labute approximate surface area is 122 Å². The number of aromatic nitrogens is 2. The highest BCUT2D eigenvalue weighted by Gasteiger charge is 2.27. The van der Waals surface area contributed by atoms with Crippen LogP contribution in [-0.4, -0.2) is 46.7 Å². The van der Waals surface area contributed by atoms with Crippen molar-refractivity contribution in [2.45, 2.75) is 39.0 Å². The largest absolute Gasteiger partial charge is 0.475 e. The number of ether oxygens (including phenoxy) is 2. The number of rotatable bonds is 4. The molecular formula is C13H20BrN3O2. The summed E-state index contributed by atoms with van der Waals surface area (Å²) >= 11 is 3.46. The van der Waals surface area contributed by atoms with E-state index in [9.17, 15) is 0 Å². The summed E-state index contributed by atoms with van der Waals surface area (Å²) in [6, 6.07) is 2.06. The van der Waals surface area contributed by atoms with Gasteiger partial charge >= 0.3 is 0 Å². The van der Waals surface area contributed by atoms with Crippen LogP contribution >= 0.6 is 15.9 Å². The van der Waals surface area contributed by atoms with Gasteiger partial charge in [0.2, 0.25) is 11.8 Å². The van der Waals surface area contributed by atoms with Crippen LogP contribution in [0.1, 0.15) is 20.8 Å². The molecule has 0 amide bonds. The van der Waals surface area contributed by atoms with Crippen molar-refractivity contribution < 1.29 is 9.47 Å². The van der Waals surface area contributed by atoms with Gasteiger partial charge in [-0.1, -0.05) is 15.9 Å². The summed E-state index contributed by atoms with van der Waals surface area (Å²) in [4.78, 5) is 11.0. The van der Waals surface area contributed by atoms with Crippen LogP contribution in [0.2, 0.25) is 0 Å². The van der Waals surface area contributed by atoms with Crippen molar-refractivity contribution in [1.29, 1.82) is 0 Å². The number of hydrogen-bond donors (Lipinski definition) is 0. The summed E-state index contributed by atoms with van der Waals surface area (Å²) in [6.45, 7) is 7.57. The van der Waals surface area contributed by atoms with Gasteiger partial charge in [-0.25, -0.2) is 4.98 Å². The zero-order chi connectivity index (χ0) is 13.8. The highest BCUT2D eigenvalue weighted by atomic mass is 79.9. The van der Waals surface area contributed by atoms with Crippen LogP contribution in [0.5, 0.6) is 5.88 Å². The van der Waals surface area contributed by atoms with Gasteiger partial charge in [0, 0.05) is 24.1 Å². The molecule has 0 saturated carbocycles. The molecule has 1 aliphatic heterocycles. The molecule has 2 unspecified atom stereocenters. The minimum atomic E-state index is 0.111. The average molecular weight is 330 g/mol. The number of alkyl halides is 1. The number of nitrogens with zero attached hydrogens (tertiary/aromatic N) is 3. The first-order valence-electron chi connectivity index (χ1n) is 6.54. The number of morpholine rings is 1. The van der Waals surface area contributed by atoms with Gasteiger partial charge in [0.15, 0.2) is 0 Å². The first-order chi connectivity index (χ1) is 9.10. The molecule has 1 saturated heterocycles. The number of hydrogen-bond acceptors (Lipinski definition) is 5. The van der Waals surface area contributed by atoms with Gasteiger partial charge in [-0.2, -0.15) is 4.98 Å². The van der Waals surface area contributed by atoms with Crippen molar-refractivity contribution in [1.82, 2.24) is 9.97 Å². The third kappa shape index (κ3) is 3.79. The predicted molar refractivity (Wildman–Crippen MR) is 78.1 cm³/mol. The summed E-state index contributed by atoms with van der Waals surface area (Å²) in [6.07, 6.45) is 2.03. The Hall–Kier alpha value is -0.880. The van der Waals surface area contributed by atoms with Gasteiger partial charge in [0.1, 0.15) is 0 Å². The topological polar surface area (TPSA) is 47.5 Å². The molecule has 1 fully saturated rings. The zero-order valence-electron chi connectivity index (χ0n) is 11.5. The van der Waals surface area contributed by atoms with Gasteiger partial charge in [-0.15, -0.1) is 0 Å². The summed E-state index contributed by atoms with van der Waals surface area (Å²) < 4.78 is 11.3. The highest BCUT2D eigenvalue weighted by Crippen LogP contribution is 2.21. The van der Waals surface area contributed by atoms with Crippen molar-refractivity contribution >= 4 is 21.9 Å². The fourth-order valence-electron chi connectivity index (χ4n) is 1.97. The van der Waals surface area contributed by atoms with E-state index in [4.69, 9.17) is 9.47 Å². The number of anilines is 1. The van der Waals surface area contributed by atoms with E-state index in [-0.39, 0.29) is 18.2 Å². The molecule has 19 heavy (non-hydrogen) atoms. The normalized spacial score (nSPS) is 23.7. The molecule has 2 atom stereocenters. The Bertz CT molecular complexity index is 417. The molecule has 106 valence electrons. The van der Waals surface area contributed by atoms with E-state index in [1.165, 1.54) is 0 Å². The highest BCUT2D eigenvalue weighted by molar-refractivity contribution is 9.09. The SMILES string of the molecule is CC(C)Oc1ccnc(N2CC(CBr)OCC2C)n1. The van der Waals surface area contributed by atoms with Crippen molar-refractivity contribution in [2.24, 2.45) is 0 Å². The minimum absolute atomic E-state index is 0.111. The molecule has 1 aliphatic rings. The van der Waals surface area contributed by atoms with E-state index in [0.717, 1.165) is 11.9 Å². The summed E-state index contributed by atoms with van der Waals surface area (Å²) in [5.74, 6) is 1.33. The smallest absolute Gasteiger partial charge is 0.229 e. The molecule has 0 N–H and O–H groups in total. The molecule has 0 aromatic carbocycles. The quantitative estimate of drug-likeness (QED) is 0.793. The fraction of sp³-hybridized carbons (Fsp3) is 0.692. The lowest BCUT2D eigenvalue weighted by Gasteiger charge is -2.37. The molecular weight excluding hydrogens is 310 g/mol. The standard InChI is InChI=1S/C13H20BrN3O2/c1-9(2)19-12-4-5-15-13(16-12)17-7-11(6-14)18-8-10(17)3/h4-5,9-11H,6-8H2,1-3H3. The summed E-state index contributed by atoms with van der Waals surface area (Å²) in [7, 11) is 0. The van der Waals surface area contributed by atoms with Crippen LogP contribution in [0.25, 0.3) is 0 Å². The molecule has 1 aromatic heterocycles. The van der Waals surface area contributed by atoms with Gasteiger partial charge in [-0.3, -0.25) is 0 Å². The second-order valence-corrected chi connectivity index (χ2v) is 5.62. The maximum atomic E-state index is 5.71. The lowest BCUT2D eigenvalue weighted by Crippen LogP contribution is -2.49. The minimum Gasteiger partial charge on any atom is -0.475 e. The van der Waals surface area contributed by atoms with E-state index < -0.39 is 0 Å². The van der Waals surface area contributed by atoms with Crippen molar-refractivity contribution in [3.8, 4) is 5.88 Å². The van der Waals surface area contributed by atoms with Crippen LogP contribution in [0.15, 0.2) is 12.3 Å². The monoisotopic (exact) mass is 329 g/mol. The van der Waals surface area contributed by atoms with E-state index in [0.29, 0.717) is 18.4 Å². The van der Waals surface area contributed by atoms with Gasteiger partial charge in [0.05, 0.1) is 24.9 Å². The van der Waals surface area contributed by atoms with E-state index in [1.807, 2.05) is 13.8 Å². The molecule has 5 nitrogen and oxygen atoms in total. The Morgan fingerprint density at radius 1 is 1.58 bits per heavy atom. The van der Waals surface area contributed by atoms with Crippen LogP contribution < -0.4 is 9.64 Å². The van der Waals surface area contributed by atoms with Crippen molar-refractivity contribution in [3.05, 3.63) is 12.3 Å². The second-order valence-electron chi connectivity index (χ2n) is 4.97. The molecule has 0 spiro atoms. The Balaban J connectivity index is 2.15. The van der Waals surface area contributed by atoms with Crippen LogP contribution in [0.4, 0.5) is 5.95 Å². The lowest BCUT2D eigenvalue weighted by atomic mass is 10.2. The van der Waals surface area contributed by atoms with E-state index >= 15 is 0 Å². The predicted octanol–water partition coefficient (Wildman–Crippen LogP) is 2.25. The first-order valence-corrected chi connectivity index (χ1v) is 7.66. The molecule has 0 bridgehead atoms. The molecule has 0 radical (unpaired) electrons. The summed E-state index contributed by atoms with van der Waals surface area (Å²) in [5, 5.41) is 0.818. The van der Waals surface area contributed by atoms with E-state index in [2.05, 4.69) is 37.7 Å². The average Bonchev–Trinajstić information content (AvgIpc) is 2.39. The molecule has 2 heterocycles. The van der Waals surface area contributed by atoms with Gasteiger partial charge in [0.25, 0.3) is 0 Å². The summed E-state index contributed by atoms with van der Waals surface area (Å²) in [5.41, 5.74) is 0. The third-order valence-corrected chi connectivity index (χ3v) is 3.63. The van der Waals surface area contributed by atoms with Crippen molar-refractivity contribution in [2.75, 3.05) is 23.4 Å². The zero-order valence-corrected chi connectivity index (χ0v) is 13.1. The van der Waals surface area contributed by atoms with Crippen LogP contribution in [0.3, 0.4) is 0 Å². The molecule has 1 aromatic rings. The number of halogens is 1. The van der Waals surface area contributed by atoms with Gasteiger partial charge < -0.3 is 14.4 Å². The van der Waals surface area contributed by atoms with Crippen molar-refractivity contribution in [3.63, 3.8) is 0 Å². The second kappa shape index (κ2) is 6.52. The third-order valence-electron chi connectivity index (χ3n) is 2.91. The Morgan fingerprint density at radius 3 is 3.05 bits per heavy atom. The molecule has 2 rings (SSSR count). The fourth-order valence-corrected chi connectivity index (χ4v) is 2.36. The Kier molecular flexibility index (Phi) is 4.99. The van der Waals surface area contributed by atoms with Gasteiger partial charge in [-0.05, 0) is 20.8 Å². The van der Waals surface area contributed by atoms with E-state index in [1.54, 1.807) is 12.3 Å². The van der Waals surface area contributed by atoms with Crippen LogP contribution in [-0.2, 0) is 4.74 Å².